The molecule has 0 aliphatic rings. The first-order chi connectivity index (χ1) is 5.39. The van der Waals surface area contributed by atoms with Gasteiger partial charge in [0.25, 0.3) is 0 Å². The van der Waals surface area contributed by atoms with Crippen LogP contribution < -0.4 is 0 Å². The van der Waals surface area contributed by atoms with Crippen LogP contribution >= 0.6 is 0 Å². The second kappa shape index (κ2) is 4.52. The molecule has 0 aromatic heterocycles. The molecule has 0 aromatic rings. The van der Waals surface area contributed by atoms with Gasteiger partial charge in [0.15, 0.2) is 0 Å². The van der Waals surface area contributed by atoms with Crippen LogP contribution in [0.4, 0.5) is 0 Å². The van der Waals surface area contributed by atoms with Gasteiger partial charge in [0.1, 0.15) is 5.60 Å². The molecule has 0 saturated carbocycles. The molecule has 0 aliphatic carbocycles. The van der Waals surface area contributed by atoms with E-state index in [0.29, 0.717) is 24.7 Å². The molecule has 1 radical (unpaired) electrons. The number of hydrogen-bond acceptors (Lipinski definition) is 1. The molecule has 0 fully saturated rings. The molecule has 1 nitrogen and oxygen atoms in total. The molecule has 0 bridgehead atoms. The Bertz CT molecular complexity index is 152. The van der Waals surface area contributed by atoms with Crippen LogP contribution in [0, 0.1) is 24.2 Å². The summed E-state index contributed by atoms with van der Waals surface area (Å²) < 4.78 is 0. The fourth-order valence-corrected chi connectivity index (χ4v) is 1.54. The van der Waals surface area contributed by atoms with Crippen LogP contribution in [-0.2, 0) is 0 Å². The Kier molecular flexibility index (Phi) is 4.34. The average Bonchev–Trinajstić information content (AvgIpc) is 1.83. The topological polar surface area (TPSA) is 20.2 Å². The molecule has 0 aromatic carbocycles. The maximum atomic E-state index is 9.86. The lowest BCUT2D eigenvalue weighted by Crippen LogP contribution is -2.30. The van der Waals surface area contributed by atoms with Crippen molar-refractivity contribution in [2.75, 3.05) is 0 Å². The van der Waals surface area contributed by atoms with Crippen molar-refractivity contribution in [2.24, 2.45) is 11.8 Å². The van der Waals surface area contributed by atoms with Gasteiger partial charge in [-0.1, -0.05) is 33.6 Å². The Balaban J connectivity index is 4.17. The molecule has 0 rings (SSSR count). The second-order valence-corrected chi connectivity index (χ2v) is 4.35. The summed E-state index contributed by atoms with van der Waals surface area (Å²) in [5.41, 5.74) is -0.998. The summed E-state index contributed by atoms with van der Waals surface area (Å²) in [7, 11) is 0. The Morgan fingerprint density at radius 3 is 1.67 bits per heavy atom. The average molecular weight is 167 g/mol. The van der Waals surface area contributed by atoms with Crippen molar-refractivity contribution in [2.45, 2.75) is 46.1 Å². The third kappa shape index (κ3) is 4.41. The van der Waals surface area contributed by atoms with Crippen molar-refractivity contribution in [3.05, 3.63) is 6.42 Å². The maximum Gasteiger partial charge on any atom is 0.127 e. The van der Waals surface area contributed by atoms with E-state index in [4.69, 9.17) is 6.42 Å². The molecule has 0 spiro atoms. The molecule has 0 aliphatic heterocycles. The van der Waals surface area contributed by atoms with Gasteiger partial charge in [-0.2, -0.15) is 0 Å². The zero-order valence-corrected chi connectivity index (χ0v) is 8.52. The van der Waals surface area contributed by atoms with Crippen molar-refractivity contribution in [1.82, 2.24) is 0 Å². The van der Waals surface area contributed by atoms with Crippen molar-refractivity contribution < 1.29 is 5.11 Å². The predicted molar refractivity (Wildman–Crippen MR) is 51.0 cm³/mol. The van der Waals surface area contributed by atoms with E-state index in [2.05, 4.69) is 5.92 Å². The van der Waals surface area contributed by atoms with E-state index in [9.17, 15) is 5.11 Å². The van der Waals surface area contributed by atoms with Crippen molar-refractivity contribution >= 4 is 0 Å². The van der Waals surface area contributed by atoms with Crippen LogP contribution in [0.2, 0.25) is 0 Å². The minimum atomic E-state index is -0.998. The van der Waals surface area contributed by atoms with Crippen LogP contribution in [0.5, 0.6) is 0 Å². The van der Waals surface area contributed by atoms with Crippen LogP contribution in [0.25, 0.3) is 0 Å². The highest BCUT2D eigenvalue weighted by atomic mass is 16.3. The quantitative estimate of drug-likeness (QED) is 0.637. The predicted octanol–water partition coefficient (Wildman–Crippen LogP) is 2.40. The summed E-state index contributed by atoms with van der Waals surface area (Å²) in [5.74, 6) is 3.06. The van der Waals surface area contributed by atoms with Gasteiger partial charge in [0, 0.05) is 0 Å². The Morgan fingerprint density at radius 1 is 1.17 bits per heavy atom. The van der Waals surface area contributed by atoms with Crippen LogP contribution in [0.15, 0.2) is 0 Å². The molecule has 0 saturated heterocycles. The van der Waals surface area contributed by atoms with E-state index < -0.39 is 5.60 Å². The fraction of sp³-hybridized carbons (Fsp3) is 0.818. The van der Waals surface area contributed by atoms with Crippen molar-refractivity contribution in [1.29, 1.82) is 0 Å². The molecule has 1 N–H and O–H groups in total. The zero-order valence-electron chi connectivity index (χ0n) is 8.52. The molecule has 0 heterocycles. The summed E-state index contributed by atoms with van der Waals surface area (Å²) >= 11 is 0. The Labute approximate surface area is 76.2 Å². The van der Waals surface area contributed by atoms with Gasteiger partial charge in [-0.15, -0.1) is 0 Å². The molecular weight excluding hydrogens is 148 g/mol. The molecule has 0 atom stereocenters. The smallest absolute Gasteiger partial charge is 0.127 e. The van der Waals surface area contributed by atoms with E-state index in [1.807, 2.05) is 27.7 Å². The third-order valence-electron chi connectivity index (χ3n) is 1.72. The zero-order chi connectivity index (χ0) is 9.78. The van der Waals surface area contributed by atoms with Gasteiger partial charge in [0.2, 0.25) is 0 Å². The SMILES string of the molecule is [C]#CC(O)(CC(C)C)CC(C)C. The number of rotatable bonds is 4. The summed E-state index contributed by atoms with van der Waals surface area (Å²) in [6, 6.07) is 0. The first-order valence-corrected chi connectivity index (χ1v) is 4.56. The van der Waals surface area contributed by atoms with Gasteiger partial charge in [-0.05, 0) is 31.1 Å². The lowest BCUT2D eigenvalue weighted by atomic mass is 9.86. The third-order valence-corrected chi connectivity index (χ3v) is 1.72. The standard InChI is InChI=1S/C11H19O/c1-6-11(12,7-9(2)3)8-10(4)5/h9-10,12H,7-8H2,2-5H3. The minimum Gasteiger partial charge on any atom is -0.378 e. The van der Waals surface area contributed by atoms with Crippen molar-refractivity contribution in [3.63, 3.8) is 0 Å². The number of aliphatic hydroxyl groups is 1. The summed E-state index contributed by atoms with van der Waals surface area (Å²) in [6.07, 6.45) is 8.31. The Morgan fingerprint density at radius 2 is 1.50 bits per heavy atom. The van der Waals surface area contributed by atoms with E-state index >= 15 is 0 Å². The summed E-state index contributed by atoms with van der Waals surface area (Å²) in [4.78, 5) is 0. The van der Waals surface area contributed by atoms with Gasteiger partial charge in [-0.3, -0.25) is 0 Å². The van der Waals surface area contributed by atoms with E-state index in [-0.39, 0.29) is 0 Å². The lowest BCUT2D eigenvalue weighted by Gasteiger charge is -2.25. The second-order valence-electron chi connectivity index (χ2n) is 4.35. The van der Waals surface area contributed by atoms with Gasteiger partial charge in [0.05, 0.1) is 0 Å². The highest BCUT2D eigenvalue weighted by Crippen LogP contribution is 2.23. The molecule has 0 unspecified atom stereocenters. The van der Waals surface area contributed by atoms with Crippen LogP contribution in [0.1, 0.15) is 40.5 Å². The summed E-state index contributed by atoms with van der Waals surface area (Å²) in [6.45, 7) is 8.18. The molecular formula is C11H19O. The molecule has 0 amide bonds. The van der Waals surface area contributed by atoms with Crippen molar-refractivity contribution in [3.8, 4) is 5.92 Å². The molecule has 1 heteroatoms. The van der Waals surface area contributed by atoms with Crippen LogP contribution in [0.3, 0.4) is 0 Å². The summed E-state index contributed by atoms with van der Waals surface area (Å²) in [5, 5.41) is 9.86. The van der Waals surface area contributed by atoms with E-state index in [0.717, 1.165) is 0 Å². The highest BCUT2D eigenvalue weighted by Gasteiger charge is 2.26. The largest absolute Gasteiger partial charge is 0.378 e. The molecule has 69 valence electrons. The van der Waals surface area contributed by atoms with Gasteiger partial charge in [-0.25, -0.2) is 0 Å². The van der Waals surface area contributed by atoms with Crippen LogP contribution in [-0.4, -0.2) is 10.7 Å². The van der Waals surface area contributed by atoms with E-state index in [1.54, 1.807) is 0 Å². The van der Waals surface area contributed by atoms with Gasteiger partial charge >= 0.3 is 0 Å². The van der Waals surface area contributed by atoms with E-state index in [1.165, 1.54) is 0 Å². The maximum absolute atomic E-state index is 9.86. The Hall–Kier alpha value is -0.480. The fourth-order valence-electron chi connectivity index (χ4n) is 1.54. The highest BCUT2D eigenvalue weighted by molar-refractivity contribution is 5.03. The first kappa shape index (κ1) is 11.5. The lowest BCUT2D eigenvalue weighted by molar-refractivity contribution is 0.0565. The molecule has 12 heavy (non-hydrogen) atoms. The normalized spacial score (nSPS) is 12.2. The minimum absolute atomic E-state index is 0.409. The van der Waals surface area contributed by atoms with Gasteiger partial charge < -0.3 is 5.11 Å². The monoisotopic (exact) mass is 167 g/mol. The first-order valence-electron chi connectivity index (χ1n) is 4.56. The number of hydrogen-bond donors (Lipinski definition) is 1.